The van der Waals surface area contributed by atoms with Crippen molar-refractivity contribution in [2.45, 2.75) is 32.3 Å². The minimum Gasteiger partial charge on any atom is -0.378 e. The molecule has 2 N–H and O–H groups in total. The summed E-state index contributed by atoms with van der Waals surface area (Å²) in [5.74, 6) is 0.763. The average molecular weight is 214 g/mol. The van der Waals surface area contributed by atoms with E-state index in [0.717, 1.165) is 32.5 Å². The quantitative estimate of drug-likeness (QED) is 0.634. The number of nitrogens with one attached hydrogen (secondary N) is 2. The maximum Gasteiger partial charge on any atom is 0.219 e. The Morgan fingerprint density at radius 2 is 2.33 bits per heavy atom. The summed E-state index contributed by atoms with van der Waals surface area (Å²) in [5.41, 5.74) is 0. The van der Waals surface area contributed by atoms with Crippen molar-refractivity contribution in [3.05, 3.63) is 0 Å². The molecular formula is C11H22N2O2. The predicted octanol–water partition coefficient (Wildman–Crippen LogP) is 0.527. The Balaban J connectivity index is 1.95. The molecule has 4 nitrogen and oxygen atoms in total. The van der Waals surface area contributed by atoms with Crippen LogP contribution >= 0.6 is 0 Å². The van der Waals surface area contributed by atoms with Gasteiger partial charge in [-0.15, -0.1) is 0 Å². The topological polar surface area (TPSA) is 50.4 Å². The van der Waals surface area contributed by atoms with Gasteiger partial charge in [-0.2, -0.15) is 0 Å². The Morgan fingerprint density at radius 3 is 2.93 bits per heavy atom. The molecule has 1 amide bonds. The van der Waals surface area contributed by atoms with E-state index in [2.05, 4.69) is 17.6 Å². The van der Waals surface area contributed by atoms with Gasteiger partial charge in [0.25, 0.3) is 0 Å². The Bertz CT molecular complexity index is 197. The van der Waals surface area contributed by atoms with Gasteiger partial charge in [-0.05, 0) is 32.2 Å². The summed E-state index contributed by atoms with van der Waals surface area (Å²) >= 11 is 0. The van der Waals surface area contributed by atoms with Gasteiger partial charge < -0.3 is 15.4 Å². The van der Waals surface area contributed by atoms with E-state index in [-0.39, 0.29) is 5.91 Å². The van der Waals surface area contributed by atoms with Gasteiger partial charge in [-0.1, -0.05) is 0 Å². The fourth-order valence-corrected chi connectivity index (χ4v) is 1.83. The molecule has 4 heteroatoms. The standard InChI is InChI=1S/C11H22N2O2/c1-9-10(5-7-15-9)8-13-6-3-4-11(14)12-2/h9-10,13H,3-8H2,1-2H3,(H,12,14). The molecule has 1 heterocycles. The van der Waals surface area contributed by atoms with Crippen molar-refractivity contribution in [1.29, 1.82) is 0 Å². The van der Waals surface area contributed by atoms with Gasteiger partial charge in [0.2, 0.25) is 5.91 Å². The highest BCUT2D eigenvalue weighted by atomic mass is 16.5. The highest BCUT2D eigenvalue weighted by Gasteiger charge is 2.23. The Morgan fingerprint density at radius 1 is 1.53 bits per heavy atom. The van der Waals surface area contributed by atoms with E-state index in [1.165, 1.54) is 0 Å². The van der Waals surface area contributed by atoms with Crippen molar-refractivity contribution in [2.75, 3.05) is 26.7 Å². The Kier molecular flexibility index (Phi) is 5.65. The minimum absolute atomic E-state index is 0.120. The largest absolute Gasteiger partial charge is 0.378 e. The maximum absolute atomic E-state index is 10.9. The van der Waals surface area contributed by atoms with Crippen LogP contribution < -0.4 is 10.6 Å². The summed E-state index contributed by atoms with van der Waals surface area (Å²) in [5, 5.41) is 5.99. The molecule has 0 spiro atoms. The van der Waals surface area contributed by atoms with Gasteiger partial charge in [-0.25, -0.2) is 0 Å². The van der Waals surface area contributed by atoms with Crippen LogP contribution in [-0.4, -0.2) is 38.8 Å². The molecule has 2 atom stereocenters. The second-order valence-corrected chi connectivity index (χ2v) is 4.11. The summed E-state index contributed by atoms with van der Waals surface area (Å²) in [4.78, 5) is 10.9. The van der Waals surface area contributed by atoms with Crippen LogP contribution in [0.3, 0.4) is 0 Å². The zero-order valence-electron chi connectivity index (χ0n) is 9.71. The predicted molar refractivity (Wildman–Crippen MR) is 59.7 cm³/mol. The molecule has 0 bridgehead atoms. The molecule has 15 heavy (non-hydrogen) atoms. The van der Waals surface area contributed by atoms with Crippen LogP contribution in [0.1, 0.15) is 26.2 Å². The van der Waals surface area contributed by atoms with E-state index < -0.39 is 0 Å². The zero-order chi connectivity index (χ0) is 11.1. The molecule has 0 aromatic carbocycles. The van der Waals surface area contributed by atoms with Crippen LogP contribution in [0.2, 0.25) is 0 Å². The molecule has 0 aromatic rings. The smallest absolute Gasteiger partial charge is 0.219 e. The van der Waals surface area contributed by atoms with Gasteiger partial charge >= 0.3 is 0 Å². The molecule has 1 fully saturated rings. The number of carbonyl (C=O) groups is 1. The third-order valence-corrected chi connectivity index (χ3v) is 2.98. The number of rotatable bonds is 6. The second-order valence-electron chi connectivity index (χ2n) is 4.11. The molecule has 0 aliphatic carbocycles. The average Bonchev–Trinajstić information content (AvgIpc) is 2.63. The van der Waals surface area contributed by atoms with E-state index >= 15 is 0 Å². The van der Waals surface area contributed by atoms with Crippen LogP contribution in [0, 0.1) is 5.92 Å². The summed E-state index contributed by atoms with van der Waals surface area (Å²) < 4.78 is 5.47. The maximum atomic E-state index is 10.9. The summed E-state index contributed by atoms with van der Waals surface area (Å²) in [7, 11) is 1.67. The molecule has 1 rings (SSSR count). The fourth-order valence-electron chi connectivity index (χ4n) is 1.83. The van der Waals surface area contributed by atoms with Gasteiger partial charge in [0.05, 0.1) is 6.10 Å². The molecule has 88 valence electrons. The van der Waals surface area contributed by atoms with Crippen molar-refractivity contribution in [3.8, 4) is 0 Å². The van der Waals surface area contributed by atoms with Crippen molar-refractivity contribution in [2.24, 2.45) is 5.92 Å². The van der Waals surface area contributed by atoms with Crippen LogP contribution in [-0.2, 0) is 9.53 Å². The lowest BCUT2D eigenvalue weighted by Crippen LogP contribution is -2.28. The molecule has 0 radical (unpaired) electrons. The van der Waals surface area contributed by atoms with Crippen LogP contribution in [0.25, 0.3) is 0 Å². The third kappa shape index (κ3) is 4.62. The zero-order valence-corrected chi connectivity index (χ0v) is 9.71. The molecular weight excluding hydrogens is 192 g/mol. The van der Waals surface area contributed by atoms with Crippen molar-refractivity contribution >= 4 is 5.91 Å². The molecule has 1 aliphatic heterocycles. The first kappa shape index (κ1) is 12.5. The number of carbonyl (C=O) groups excluding carboxylic acids is 1. The SMILES string of the molecule is CNC(=O)CCCNCC1CCOC1C. The van der Waals surface area contributed by atoms with E-state index in [9.17, 15) is 4.79 Å². The minimum atomic E-state index is 0.120. The van der Waals surface area contributed by atoms with Gasteiger partial charge in [0.1, 0.15) is 0 Å². The molecule has 2 unspecified atom stereocenters. The highest BCUT2D eigenvalue weighted by molar-refractivity contribution is 5.75. The van der Waals surface area contributed by atoms with E-state index in [4.69, 9.17) is 4.74 Å². The number of amides is 1. The lowest BCUT2D eigenvalue weighted by molar-refractivity contribution is -0.120. The monoisotopic (exact) mass is 214 g/mol. The molecule has 0 saturated carbocycles. The third-order valence-electron chi connectivity index (χ3n) is 2.98. The number of ether oxygens (including phenoxy) is 1. The Labute approximate surface area is 91.8 Å². The van der Waals surface area contributed by atoms with Crippen LogP contribution in [0.15, 0.2) is 0 Å². The van der Waals surface area contributed by atoms with Crippen LogP contribution in [0.5, 0.6) is 0 Å². The first-order valence-electron chi connectivity index (χ1n) is 5.77. The van der Waals surface area contributed by atoms with Crippen molar-refractivity contribution in [1.82, 2.24) is 10.6 Å². The van der Waals surface area contributed by atoms with Gasteiger partial charge in [-0.3, -0.25) is 4.79 Å². The van der Waals surface area contributed by atoms with E-state index in [1.807, 2.05) is 0 Å². The van der Waals surface area contributed by atoms with Gasteiger partial charge in [0, 0.05) is 26.6 Å². The molecule has 1 aliphatic rings. The summed E-state index contributed by atoms with van der Waals surface area (Å²) in [6.45, 7) is 4.95. The first-order valence-corrected chi connectivity index (χ1v) is 5.77. The second kappa shape index (κ2) is 6.80. The van der Waals surface area contributed by atoms with Gasteiger partial charge in [0.15, 0.2) is 0 Å². The molecule has 1 saturated heterocycles. The highest BCUT2D eigenvalue weighted by Crippen LogP contribution is 2.19. The normalized spacial score (nSPS) is 25.5. The molecule has 0 aromatic heterocycles. The lowest BCUT2D eigenvalue weighted by Gasteiger charge is -2.14. The number of hydrogen-bond donors (Lipinski definition) is 2. The van der Waals surface area contributed by atoms with E-state index in [1.54, 1.807) is 7.05 Å². The summed E-state index contributed by atoms with van der Waals surface area (Å²) in [6, 6.07) is 0. The van der Waals surface area contributed by atoms with Crippen molar-refractivity contribution < 1.29 is 9.53 Å². The fraction of sp³-hybridized carbons (Fsp3) is 0.909. The number of hydrogen-bond acceptors (Lipinski definition) is 3. The summed E-state index contributed by atoms with van der Waals surface area (Å²) in [6.07, 6.45) is 3.06. The van der Waals surface area contributed by atoms with Crippen molar-refractivity contribution in [3.63, 3.8) is 0 Å². The first-order chi connectivity index (χ1) is 7.24. The van der Waals surface area contributed by atoms with Crippen LogP contribution in [0.4, 0.5) is 0 Å². The van der Waals surface area contributed by atoms with E-state index in [0.29, 0.717) is 18.4 Å². The Hall–Kier alpha value is -0.610. The lowest BCUT2D eigenvalue weighted by atomic mass is 10.0.